The molecule has 0 saturated carbocycles. The minimum atomic E-state index is -0.693. The van der Waals surface area contributed by atoms with Gasteiger partial charge in [0.1, 0.15) is 10.3 Å². The minimum Gasteiger partial charge on any atom is -0.386 e. The van der Waals surface area contributed by atoms with Gasteiger partial charge in [-0.3, -0.25) is 4.79 Å². The topological polar surface area (TPSA) is 53.4 Å². The Morgan fingerprint density at radius 2 is 2.31 bits per heavy atom. The average Bonchev–Trinajstić information content (AvgIpc) is 2.24. The van der Waals surface area contributed by atoms with E-state index < -0.39 is 5.60 Å². The monoisotopic (exact) mass is 284 g/mol. The highest BCUT2D eigenvalue weighted by Gasteiger charge is 2.42. The molecule has 0 atom stereocenters. The molecule has 4 nitrogen and oxygen atoms in total. The molecular weight excluding hydrogens is 272 g/mol. The normalized spacial score (nSPS) is 18.1. The lowest BCUT2D eigenvalue weighted by molar-refractivity contribution is -0.0828. The summed E-state index contributed by atoms with van der Waals surface area (Å²) < 4.78 is 0.643. The number of carbonyl (C=O) groups excluding carboxylic acids is 1. The Balaban J connectivity index is 2.06. The van der Waals surface area contributed by atoms with Crippen molar-refractivity contribution in [3.8, 4) is 0 Å². The molecule has 1 fully saturated rings. The van der Waals surface area contributed by atoms with Crippen LogP contribution in [-0.4, -0.2) is 39.6 Å². The maximum atomic E-state index is 11.9. The number of likely N-dealkylation sites (tertiary alicyclic amines) is 1. The second-order valence-corrected chi connectivity index (χ2v) is 4.90. The van der Waals surface area contributed by atoms with Crippen LogP contribution in [0, 0.1) is 0 Å². The molecule has 16 heavy (non-hydrogen) atoms. The summed E-state index contributed by atoms with van der Waals surface area (Å²) in [6, 6.07) is 5.22. The van der Waals surface area contributed by atoms with Crippen molar-refractivity contribution in [1.82, 2.24) is 9.88 Å². The molecule has 0 spiro atoms. The summed E-state index contributed by atoms with van der Waals surface area (Å²) in [7, 11) is 0. The highest BCUT2D eigenvalue weighted by atomic mass is 79.9. The fourth-order valence-corrected chi connectivity index (χ4v) is 2.06. The average molecular weight is 285 g/mol. The van der Waals surface area contributed by atoms with E-state index in [2.05, 4.69) is 20.9 Å². The summed E-state index contributed by atoms with van der Waals surface area (Å²) >= 11 is 3.22. The lowest BCUT2D eigenvalue weighted by Gasteiger charge is -2.45. The quantitative estimate of drug-likeness (QED) is 0.837. The molecule has 1 N–H and O–H groups in total. The van der Waals surface area contributed by atoms with Crippen LogP contribution in [0.5, 0.6) is 0 Å². The van der Waals surface area contributed by atoms with Crippen LogP contribution in [0.15, 0.2) is 22.8 Å². The third kappa shape index (κ3) is 2.10. The largest absolute Gasteiger partial charge is 0.386 e. The van der Waals surface area contributed by atoms with Crippen LogP contribution in [0.1, 0.15) is 23.8 Å². The molecule has 0 bridgehead atoms. The van der Waals surface area contributed by atoms with E-state index in [1.807, 2.05) is 6.92 Å². The van der Waals surface area contributed by atoms with Crippen molar-refractivity contribution in [2.45, 2.75) is 18.9 Å². The molecule has 2 rings (SSSR count). The zero-order chi connectivity index (χ0) is 11.8. The molecule has 5 heteroatoms. The number of halogens is 1. The second-order valence-electron chi connectivity index (χ2n) is 4.08. The van der Waals surface area contributed by atoms with E-state index in [0.717, 1.165) is 0 Å². The summed E-state index contributed by atoms with van der Waals surface area (Å²) in [5.74, 6) is -0.126. The van der Waals surface area contributed by atoms with E-state index >= 15 is 0 Å². The van der Waals surface area contributed by atoms with E-state index in [9.17, 15) is 9.90 Å². The SMILES string of the molecule is CCC1(O)CN(C(=O)c2cccc(Br)n2)C1. The van der Waals surface area contributed by atoms with Crippen LogP contribution in [0.25, 0.3) is 0 Å². The Hall–Kier alpha value is -0.940. The smallest absolute Gasteiger partial charge is 0.272 e. The predicted octanol–water partition coefficient (Wildman–Crippen LogP) is 1.44. The van der Waals surface area contributed by atoms with Gasteiger partial charge in [0, 0.05) is 0 Å². The zero-order valence-electron chi connectivity index (χ0n) is 8.98. The van der Waals surface area contributed by atoms with Crippen molar-refractivity contribution in [3.05, 3.63) is 28.5 Å². The Morgan fingerprint density at radius 1 is 1.62 bits per heavy atom. The Kier molecular flexibility index (Phi) is 2.99. The standard InChI is InChI=1S/C11H13BrN2O2/c1-2-11(16)6-14(7-11)10(15)8-4-3-5-9(12)13-8/h3-5,16H,2,6-7H2,1H3. The first-order chi connectivity index (χ1) is 7.54. The highest BCUT2D eigenvalue weighted by molar-refractivity contribution is 9.10. The molecule has 0 unspecified atom stereocenters. The van der Waals surface area contributed by atoms with Gasteiger partial charge in [-0.2, -0.15) is 0 Å². The number of aromatic nitrogens is 1. The van der Waals surface area contributed by atoms with E-state index in [4.69, 9.17) is 0 Å². The molecule has 1 amide bonds. The van der Waals surface area contributed by atoms with Crippen LogP contribution in [0.2, 0.25) is 0 Å². The number of hydrogen-bond donors (Lipinski definition) is 1. The number of rotatable bonds is 2. The fraction of sp³-hybridized carbons (Fsp3) is 0.455. The Morgan fingerprint density at radius 3 is 2.88 bits per heavy atom. The molecule has 1 saturated heterocycles. The maximum absolute atomic E-state index is 11.9. The van der Waals surface area contributed by atoms with Gasteiger partial charge in [0.2, 0.25) is 0 Å². The molecule has 1 aliphatic heterocycles. The van der Waals surface area contributed by atoms with Gasteiger partial charge in [-0.15, -0.1) is 0 Å². The summed E-state index contributed by atoms with van der Waals surface area (Å²) in [5.41, 5.74) is -0.283. The third-order valence-electron chi connectivity index (χ3n) is 2.85. The molecule has 1 aromatic heterocycles. The van der Waals surface area contributed by atoms with E-state index in [0.29, 0.717) is 29.8 Å². The van der Waals surface area contributed by atoms with Gasteiger partial charge in [-0.1, -0.05) is 13.0 Å². The van der Waals surface area contributed by atoms with E-state index in [-0.39, 0.29) is 5.91 Å². The first-order valence-corrected chi connectivity index (χ1v) is 5.97. The Bertz CT molecular complexity index is 416. The molecule has 1 aliphatic rings. The maximum Gasteiger partial charge on any atom is 0.272 e. The summed E-state index contributed by atoms with van der Waals surface area (Å²) in [6.07, 6.45) is 0.669. The molecule has 0 aliphatic carbocycles. The lowest BCUT2D eigenvalue weighted by Crippen LogP contribution is -2.63. The van der Waals surface area contributed by atoms with Crippen molar-refractivity contribution in [2.75, 3.05) is 13.1 Å². The number of nitrogens with zero attached hydrogens (tertiary/aromatic N) is 2. The predicted molar refractivity (Wildman–Crippen MR) is 63.1 cm³/mol. The van der Waals surface area contributed by atoms with Gasteiger partial charge < -0.3 is 10.0 Å². The number of pyridine rings is 1. The van der Waals surface area contributed by atoms with Crippen molar-refractivity contribution < 1.29 is 9.90 Å². The van der Waals surface area contributed by atoms with Crippen LogP contribution in [-0.2, 0) is 0 Å². The first kappa shape index (κ1) is 11.5. The lowest BCUT2D eigenvalue weighted by atomic mass is 9.91. The molecule has 1 aromatic rings. The molecule has 0 radical (unpaired) electrons. The highest BCUT2D eigenvalue weighted by Crippen LogP contribution is 2.25. The molecule has 86 valence electrons. The van der Waals surface area contributed by atoms with Crippen LogP contribution in [0.3, 0.4) is 0 Å². The molecule has 0 aromatic carbocycles. The number of β-amino-alcohol motifs (C(OH)–C–C–N with tert-alkyl or cyclic N) is 1. The van der Waals surface area contributed by atoms with Crippen molar-refractivity contribution >= 4 is 21.8 Å². The van der Waals surface area contributed by atoms with E-state index in [1.54, 1.807) is 23.1 Å². The van der Waals surface area contributed by atoms with Crippen LogP contribution >= 0.6 is 15.9 Å². The minimum absolute atomic E-state index is 0.126. The number of carbonyl (C=O) groups is 1. The summed E-state index contributed by atoms with van der Waals surface area (Å²) in [6.45, 7) is 2.71. The third-order valence-corrected chi connectivity index (χ3v) is 3.29. The van der Waals surface area contributed by atoms with Crippen LogP contribution in [0.4, 0.5) is 0 Å². The van der Waals surface area contributed by atoms with Gasteiger partial charge >= 0.3 is 0 Å². The second kappa shape index (κ2) is 4.14. The number of hydrogen-bond acceptors (Lipinski definition) is 3. The van der Waals surface area contributed by atoms with E-state index in [1.165, 1.54) is 0 Å². The van der Waals surface area contributed by atoms with Gasteiger partial charge in [-0.05, 0) is 34.5 Å². The Labute approximate surface area is 102 Å². The van der Waals surface area contributed by atoms with Crippen LogP contribution < -0.4 is 0 Å². The van der Waals surface area contributed by atoms with Crippen molar-refractivity contribution in [1.29, 1.82) is 0 Å². The van der Waals surface area contributed by atoms with Gasteiger partial charge in [-0.25, -0.2) is 4.98 Å². The fourth-order valence-electron chi connectivity index (χ4n) is 1.72. The van der Waals surface area contributed by atoms with Gasteiger partial charge in [0.25, 0.3) is 5.91 Å². The summed E-state index contributed by atoms with van der Waals surface area (Å²) in [5, 5.41) is 9.82. The van der Waals surface area contributed by atoms with Gasteiger partial charge in [0.15, 0.2) is 0 Å². The number of amides is 1. The first-order valence-electron chi connectivity index (χ1n) is 5.18. The van der Waals surface area contributed by atoms with Gasteiger partial charge in [0.05, 0.1) is 18.7 Å². The molecular formula is C11H13BrN2O2. The zero-order valence-corrected chi connectivity index (χ0v) is 10.6. The van der Waals surface area contributed by atoms with Crippen molar-refractivity contribution in [2.24, 2.45) is 0 Å². The number of aliphatic hydroxyl groups is 1. The van der Waals surface area contributed by atoms with Crippen molar-refractivity contribution in [3.63, 3.8) is 0 Å². The summed E-state index contributed by atoms with van der Waals surface area (Å²) in [4.78, 5) is 17.6. The molecule has 2 heterocycles.